The van der Waals surface area contributed by atoms with Gasteiger partial charge in [-0.05, 0) is 30.2 Å². The molecule has 0 bridgehead atoms. The van der Waals surface area contributed by atoms with Crippen LogP contribution in [0.25, 0.3) is 10.8 Å². The molecule has 0 aliphatic carbocycles. The molecule has 0 heterocycles. The van der Waals surface area contributed by atoms with Gasteiger partial charge in [-0.3, -0.25) is 0 Å². The molecular weight excluding hydrogens is 200 g/mol. The number of ether oxygens (including phenoxy) is 2. The van der Waals surface area contributed by atoms with E-state index in [1.54, 1.807) is 14.2 Å². The van der Waals surface area contributed by atoms with Crippen molar-refractivity contribution in [2.75, 3.05) is 14.2 Å². The Kier molecular flexibility index (Phi) is 3.00. The summed E-state index contributed by atoms with van der Waals surface area (Å²) in [6.07, 6.45) is 0.990. The molecule has 2 aromatic rings. The SMILES string of the molecule is CCc1cc(OC)c2cccc(OC)c2c1. The Labute approximate surface area is 95.8 Å². The molecule has 0 N–H and O–H groups in total. The summed E-state index contributed by atoms with van der Waals surface area (Å²) in [5.74, 6) is 1.80. The number of fused-ring (bicyclic) bond motifs is 1. The van der Waals surface area contributed by atoms with E-state index >= 15 is 0 Å². The second-order valence-corrected chi connectivity index (χ2v) is 3.71. The van der Waals surface area contributed by atoms with Gasteiger partial charge < -0.3 is 9.47 Å². The van der Waals surface area contributed by atoms with Crippen molar-refractivity contribution in [3.63, 3.8) is 0 Å². The van der Waals surface area contributed by atoms with Crippen LogP contribution in [0, 0.1) is 0 Å². The highest BCUT2D eigenvalue weighted by Crippen LogP contribution is 2.33. The van der Waals surface area contributed by atoms with Crippen LogP contribution in [-0.2, 0) is 6.42 Å². The molecule has 0 aromatic heterocycles. The molecule has 16 heavy (non-hydrogen) atoms. The summed E-state index contributed by atoms with van der Waals surface area (Å²) in [6.45, 7) is 2.13. The Bertz CT molecular complexity index is 503. The van der Waals surface area contributed by atoms with E-state index in [4.69, 9.17) is 9.47 Å². The van der Waals surface area contributed by atoms with Crippen molar-refractivity contribution in [3.8, 4) is 11.5 Å². The van der Waals surface area contributed by atoms with Crippen LogP contribution in [0.5, 0.6) is 11.5 Å². The summed E-state index contributed by atoms with van der Waals surface area (Å²) < 4.78 is 10.8. The monoisotopic (exact) mass is 216 g/mol. The van der Waals surface area contributed by atoms with Gasteiger partial charge in [0.15, 0.2) is 0 Å². The van der Waals surface area contributed by atoms with Crippen LogP contribution >= 0.6 is 0 Å². The molecule has 0 radical (unpaired) electrons. The standard InChI is InChI=1S/C14H16O2/c1-4-10-8-12-11(14(9-10)16-3)6-5-7-13(12)15-2/h5-9H,4H2,1-3H3. The van der Waals surface area contributed by atoms with Crippen LogP contribution in [0.3, 0.4) is 0 Å². The average molecular weight is 216 g/mol. The molecule has 2 aromatic carbocycles. The molecular formula is C14H16O2. The van der Waals surface area contributed by atoms with Crippen LogP contribution in [0.15, 0.2) is 30.3 Å². The first kappa shape index (κ1) is 10.8. The second kappa shape index (κ2) is 4.44. The summed E-state index contributed by atoms with van der Waals surface area (Å²) in [4.78, 5) is 0. The topological polar surface area (TPSA) is 18.5 Å². The maximum absolute atomic E-state index is 5.41. The van der Waals surface area contributed by atoms with Crippen molar-refractivity contribution in [2.24, 2.45) is 0 Å². The molecule has 0 saturated heterocycles. The van der Waals surface area contributed by atoms with Gasteiger partial charge in [0, 0.05) is 10.8 Å². The van der Waals surface area contributed by atoms with E-state index < -0.39 is 0 Å². The quantitative estimate of drug-likeness (QED) is 0.782. The maximum Gasteiger partial charge on any atom is 0.127 e. The van der Waals surface area contributed by atoms with Gasteiger partial charge in [0.1, 0.15) is 11.5 Å². The van der Waals surface area contributed by atoms with E-state index in [1.165, 1.54) is 5.56 Å². The normalized spacial score (nSPS) is 10.4. The average Bonchev–Trinajstić information content (AvgIpc) is 2.36. The van der Waals surface area contributed by atoms with Gasteiger partial charge >= 0.3 is 0 Å². The maximum atomic E-state index is 5.41. The van der Waals surface area contributed by atoms with E-state index in [-0.39, 0.29) is 0 Å². The Balaban J connectivity index is 2.78. The van der Waals surface area contributed by atoms with E-state index in [0.717, 1.165) is 28.7 Å². The third-order valence-corrected chi connectivity index (χ3v) is 2.83. The molecule has 0 unspecified atom stereocenters. The molecule has 0 aliphatic heterocycles. The summed E-state index contributed by atoms with van der Waals surface area (Å²) >= 11 is 0. The molecule has 0 saturated carbocycles. The minimum absolute atomic E-state index is 0.895. The lowest BCUT2D eigenvalue weighted by Gasteiger charge is -2.11. The number of rotatable bonds is 3. The molecule has 0 aliphatic rings. The first-order chi connectivity index (χ1) is 7.80. The fourth-order valence-electron chi connectivity index (χ4n) is 1.93. The Morgan fingerprint density at radius 2 is 1.69 bits per heavy atom. The molecule has 0 amide bonds. The van der Waals surface area contributed by atoms with Gasteiger partial charge in [0.25, 0.3) is 0 Å². The van der Waals surface area contributed by atoms with Crippen molar-refractivity contribution in [1.29, 1.82) is 0 Å². The third-order valence-electron chi connectivity index (χ3n) is 2.83. The highest BCUT2D eigenvalue weighted by Gasteiger charge is 2.07. The highest BCUT2D eigenvalue weighted by molar-refractivity contribution is 5.93. The number of methoxy groups -OCH3 is 2. The van der Waals surface area contributed by atoms with Crippen LogP contribution in [0.2, 0.25) is 0 Å². The van der Waals surface area contributed by atoms with Crippen molar-refractivity contribution in [1.82, 2.24) is 0 Å². The fourth-order valence-corrected chi connectivity index (χ4v) is 1.93. The van der Waals surface area contributed by atoms with Gasteiger partial charge in [-0.2, -0.15) is 0 Å². The second-order valence-electron chi connectivity index (χ2n) is 3.71. The van der Waals surface area contributed by atoms with Gasteiger partial charge in [-0.15, -0.1) is 0 Å². The zero-order chi connectivity index (χ0) is 11.5. The molecule has 84 valence electrons. The Morgan fingerprint density at radius 3 is 2.31 bits per heavy atom. The number of hydrogen-bond donors (Lipinski definition) is 0. The fraction of sp³-hybridized carbons (Fsp3) is 0.286. The number of aryl methyl sites for hydroxylation is 1. The van der Waals surface area contributed by atoms with Crippen molar-refractivity contribution in [2.45, 2.75) is 13.3 Å². The third kappa shape index (κ3) is 1.71. The van der Waals surface area contributed by atoms with E-state index in [2.05, 4.69) is 25.1 Å². The van der Waals surface area contributed by atoms with Crippen LogP contribution in [0.4, 0.5) is 0 Å². The first-order valence-electron chi connectivity index (χ1n) is 5.43. The molecule has 2 rings (SSSR count). The van der Waals surface area contributed by atoms with Crippen molar-refractivity contribution >= 4 is 10.8 Å². The highest BCUT2D eigenvalue weighted by atomic mass is 16.5. The summed E-state index contributed by atoms with van der Waals surface area (Å²) in [6, 6.07) is 10.3. The molecule has 2 heteroatoms. The smallest absolute Gasteiger partial charge is 0.127 e. The predicted octanol–water partition coefficient (Wildman–Crippen LogP) is 3.42. The molecule has 0 atom stereocenters. The zero-order valence-electron chi connectivity index (χ0n) is 9.91. The number of benzene rings is 2. The summed E-state index contributed by atoms with van der Waals surface area (Å²) in [7, 11) is 3.40. The largest absolute Gasteiger partial charge is 0.496 e. The van der Waals surface area contributed by atoms with E-state index in [0.29, 0.717) is 0 Å². The molecule has 0 spiro atoms. The minimum Gasteiger partial charge on any atom is -0.496 e. The van der Waals surface area contributed by atoms with Gasteiger partial charge in [0.2, 0.25) is 0 Å². The first-order valence-corrected chi connectivity index (χ1v) is 5.43. The lowest BCUT2D eigenvalue weighted by Crippen LogP contribution is -1.91. The van der Waals surface area contributed by atoms with Crippen molar-refractivity contribution < 1.29 is 9.47 Å². The lowest BCUT2D eigenvalue weighted by atomic mass is 10.0. The Morgan fingerprint density at radius 1 is 0.938 bits per heavy atom. The summed E-state index contributed by atoms with van der Waals surface area (Å²) in [5.41, 5.74) is 1.26. The van der Waals surface area contributed by atoms with Crippen LogP contribution < -0.4 is 9.47 Å². The Hall–Kier alpha value is -1.70. The van der Waals surface area contributed by atoms with Crippen molar-refractivity contribution in [3.05, 3.63) is 35.9 Å². The minimum atomic E-state index is 0.895. The van der Waals surface area contributed by atoms with Crippen LogP contribution in [0.1, 0.15) is 12.5 Å². The lowest BCUT2D eigenvalue weighted by molar-refractivity contribution is 0.415. The summed E-state index contributed by atoms with van der Waals surface area (Å²) in [5, 5.41) is 2.21. The predicted molar refractivity (Wildman–Crippen MR) is 66.4 cm³/mol. The number of hydrogen-bond acceptors (Lipinski definition) is 2. The van der Waals surface area contributed by atoms with E-state index in [9.17, 15) is 0 Å². The van der Waals surface area contributed by atoms with Gasteiger partial charge in [-0.25, -0.2) is 0 Å². The van der Waals surface area contributed by atoms with Gasteiger partial charge in [-0.1, -0.05) is 19.1 Å². The molecule has 0 fully saturated rings. The molecule has 2 nitrogen and oxygen atoms in total. The van der Waals surface area contributed by atoms with Gasteiger partial charge in [0.05, 0.1) is 14.2 Å². The van der Waals surface area contributed by atoms with E-state index in [1.807, 2.05) is 12.1 Å². The van der Waals surface area contributed by atoms with Crippen LogP contribution in [-0.4, -0.2) is 14.2 Å². The zero-order valence-corrected chi connectivity index (χ0v) is 9.91.